The summed E-state index contributed by atoms with van der Waals surface area (Å²) in [6, 6.07) is 60.0. The first-order valence-electron chi connectivity index (χ1n) is 23.4. The average Bonchev–Trinajstić information content (AvgIpc) is 3.40. The molecule has 3 aliphatic heterocycles. The van der Waals surface area contributed by atoms with Gasteiger partial charge in [0.05, 0.1) is 52.9 Å². The van der Waals surface area contributed by atoms with E-state index in [2.05, 4.69) is 6.58 Å². The Balaban J connectivity index is 1.09. The van der Waals surface area contributed by atoms with E-state index in [1.54, 1.807) is 6.08 Å². The van der Waals surface area contributed by atoms with Crippen molar-refractivity contribution in [1.82, 2.24) is 0 Å². The lowest BCUT2D eigenvalue weighted by molar-refractivity contribution is -0.397. The Morgan fingerprint density at radius 1 is 0.441 bits per heavy atom. The van der Waals surface area contributed by atoms with Crippen LogP contribution in [0, 0.1) is 0 Å². The zero-order valence-corrected chi connectivity index (χ0v) is 38.1. The van der Waals surface area contributed by atoms with Crippen LogP contribution in [0.25, 0.3) is 0 Å². The summed E-state index contributed by atoms with van der Waals surface area (Å²) in [5.74, 6) is 0. The number of hydrogen-bond donors (Lipinski definition) is 0. The molecule has 6 aromatic rings. The van der Waals surface area contributed by atoms with Crippen LogP contribution in [0.3, 0.4) is 0 Å². The Morgan fingerprint density at radius 3 is 1.38 bits per heavy atom. The van der Waals surface area contributed by atoms with Gasteiger partial charge in [-0.3, -0.25) is 0 Å². The highest BCUT2D eigenvalue weighted by Crippen LogP contribution is 2.40. The predicted octanol–water partition coefficient (Wildman–Crippen LogP) is 9.70. The predicted molar refractivity (Wildman–Crippen MR) is 255 cm³/mol. The third-order valence-corrected chi connectivity index (χ3v) is 12.2. The molecule has 0 bridgehead atoms. The normalized spacial score (nSPS) is 27.0. The summed E-state index contributed by atoms with van der Waals surface area (Å²) in [5, 5.41) is 0. The second-order valence-corrected chi connectivity index (χ2v) is 17.0. The van der Waals surface area contributed by atoms with Crippen molar-refractivity contribution in [3.05, 3.63) is 228 Å². The summed E-state index contributed by atoms with van der Waals surface area (Å²) >= 11 is 0. The van der Waals surface area contributed by atoms with Gasteiger partial charge in [-0.25, -0.2) is 0 Å². The third-order valence-electron chi connectivity index (χ3n) is 12.2. The number of ether oxygens (including phenoxy) is 11. The molecule has 0 aliphatic carbocycles. The van der Waals surface area contributed by atoms with E-state index >= 15 is 0 Å². The highest BCUT2D eigenvalue weighted by atomic mass is 16.8. The van der Waals surface area contributed by atoms with Crippen LogP contribution in [0.2, 0.25) is 0 Å². The van der Waals surface area contributed by atoms with E-state index in [4.69, 9.17) is 52.1 Å². The molecule has 6 aromatic carbocycles. The fourth-order valence-electron chi connectivity index (χ4n) is 8.73. The molecule has 2 unspecified atom stereocenters. The van der Waals surface area contributed by atoms with Crippen LogP contribution >= 0.6 is 0 Å². The fourth-order valence-corrected chi connectivity index (χ4v) is 8.73. The number of benzene rings is 6. The molecule has 11 heteroatoms. The van der Waals surface area contributed by atoms with Crippen molar-refractivity contribution in [3.8, 4) is 0 Å². The van der Waals surface area contributed by atoms with E-state index < -0.39 is 67.7 Å². The van der Waals surface area contributed by atoms with Crippen LogP contribution in [-0.2, 0) is 85.1 Å². The van der Waals surface area contributed by atoms with E-state index in [1.807, 2.05) is 182 Å². The van der Waals surface area contributed by atoms with E-state index in [0.717, 1.165) is 33.4 Å². The molecule has 0 radical (unpaired) electrons. The molecule has 11 nitrogen and oxygen atoms in total. The summed E-state index contributed by atoms with van der Waals surface area (Å²) in [4.78, 5) is 0. The van der Waals surface area contributed by atoms with E-state index in [-0.39, 0.29) is 46.2 Å². The van der Waals surface area contributed by atoms with Crippen molar-refractivity contribution in [2.45, 2.75) is 101 Å². The van der Waals surface area contributed by atoms with Crippen molar-refractivity contribution in [2.75, 3.05) is 19.8 Å². The number of rotatable bonds is 22. The lowest BCUT2D eigenvalue weighted by Crippen LogP contribution is -2.67. The fraction of sp³-hybridized carbons (Fsp3) is 0.333. The van der Waals surface area contributed by atoms with Crippen molar-refractivity contribution >= 4 is 0 Å². The van der Waals surface area contributed by atoms with Gasteiger partial charge >= 0.3 is 0 Å². The Hall–Kier alpha value is -5.38. The van der Waals surface area contributed by atoms with Gasteiger partial charge in [0.25, 0.3) is 0 Å². The summed E-state index contributed by atoms with van der Waals surface area (Å²) in [7, 11) is 0. The standard InChI is InChI=1S/C57H60O11/c1-2-33-59-56-53(62-37-44-27-15-6-16-28-44)51(60-35-42-23-11-4-12-24-42)49(47(65-56)39-58-34-41-21-9-3-10-22-41)68-57-54(63-38-45-29-17-7-18-30-45)52(61-36-43-25-13-5-14-26-43)50-48(66-57)40-64-55(67-50)46-31-19-8-20-32-46/h2-32,47-57H,1,33-40H2/t47-,48-,49-,50-,51+,52+,53-,54-,55?,56?,57-/m1/s1. The molecule has 68 heavy (non-hydrogen) atoms. The molecule has 3 heterocycles. The van der Waals surface area contributed by atoms with Crippen LogP contribution in [0.15, 0.2) is 195 Å². The minimum Gasteiger partial charge on any atom is -0.374 e. The van der Waals surface area contributed by atoms with Crippen molar-refractivity contribution < 1.29 is 52.1 Å². The highest BCUT2D eigenvalue weighted by Gasteiger charge is 2.56. The van der Waals surface area contributed by atoms with Gasteiger partial charge in [-0.2, -0.15) is 0 Å². The molecule has 9 rings (SSSR count). The molecule has 3 aliphatic rings. The van der Waals surface area contributed by atoms with Gasteiger partial charge in [0, 0.05) is 5.56 Å². The molecule has 0 amide bonds. The van der Waals surface area contributed by atoms with Crippen LogP contribution in [0.4, 0.5) is 0 Å². The van der Waals surface area contributed by atoms with Gasteiger partial charge in [0.2, 0.25) is 0 Å². The number of fused-ring (bicyclic) bond motifs is 1. The average molecular weight is 921 g/mol. The van der Waals surface area contributed by atoms with Crippen LogP contribution < -0.4 is 0 Å². The summed E-state index contributed by atoms with van der Waals surface area (Å²) < 4.78 is 75.3. The van der Waals surface area contributed by atoms with E-state index in [0.29, 0.717) is 6.61 Å². The maximum atomic E-state index is 7.40. The first kappa shape index (κ1) is 47.7. The van der Waals surface area contributed by atoms with Crippen LogP contribution in [0.5, 0.6) is 0 Å². The largest absolute Gasteiger partial charge is 0.374 e. The first-order chi connectivity index (χ1) is 33.7. The topological polar surface area (TPSA) is 102 Å². The van der Waals surface area contributed by atoms with Gasteiger partial charge in [0.1, 0.15) is 48.8 Å². The zero-order valence-electron chi connectivity index (χ0n) is 38.1. The lowest BCUT2D eigenvalue weighted by Gasteiger charge is -2.51. The van der Waals surface area contributed by atoms with Gasteiger partial charge in [0.15, 0.2) is 18.9 Å². The quantitative estimate of drug-likeness (QED) is 0.0609. The van der Waals surface area contributed by atoms with Gasteiger partial charge < -0.3 is 52.1 Å². The van der Waals surface area contributed by atoms with Gasteiger partial charge in [-0.15, -0.1) is 6.58 Å². The van der Waals surface area contributed by atoms with Crippen LogP contribution in [-0.4, -0.2) is 81.2 Å². The summed E-state index contributed by atoms with van der Waals surface area (Å²) in [6.45, 7) is 5.85. The number of hydrogen-bond acceptors (Lipinski definition) is 11. The van der Waals surface area contributed by atoms with Crippen molar-refractivity contribution in [3.63, 3.8) is 0 Å². The molecule has 3 fully saturated rings. The molecule has 3 saturated heterocycles. The zero-order chi connectivity index (χ0) is 46.2. The molecule has 0 N–H and O–H groups in total. The third kappa shape index (κ3) is 12.8. The Bertz CT molecular complexity index is 2340. The second-order valence-electron chi connectivity index (χ2n) is 17.0. The van der Waals surface area contributed by atoms with Gasteiger partial charge in [-0.05, 0) is 27.8 Å². The van der Waals surface area contributed by atoms with Crippen LogP contribution in [0.1, 0.15) is 39.7 Å². The van der Waals surface area contributed by atoms with Gasteiger partial charge in [-0.1, -0.05) is 188 Å². The van der Waals surface area contributed by atoms with E-state index in [9.17, 15) is 0 Å². The Kier molecular flexibility index (Phi) is 17.4. The summed E-state index contributed by atoms with van der Waals surface area (Å²) in [6.07, 6.45) is -6.79. The Labute approximate surface area is 399 Å². The molecular formula is C57H60O11. The van der Waals surface area contributed by atoms with Crippen molar-refractivity contribution in [2.24, 2.45) is 0 Å². The monoisotopic (exact) mass is 920 g/mol. The molecule has 354 valence electrons. The smallest absolute Gasteiger partial charge is 0.187 e. The maximum absolute atomic E-state index is 7.40. The SMILES string of the molecule is C=CCOC1O[C@H](COCc2ccccc2)[C@@H](O[C@H]2O[C@@H]3COC(c4ccccc4)O[C@H]3[C@H](OCc3ccccc3)[C@H]2OCc2ccccc2)[C@H](OCc2ccccc2)[C@H]1OCc1ccccc1. The van der Waals surface area contributed by atoms with E-state index in [1.165, 1.54) is 0 Å². The molecule has 0 aromatic heterocycles. The minimum atomic E-state index is -1.05. The molecule has 0 saturated carbocycles. The summed E-state index contributed by atoms with van der Waals surface area (Å²) in [5.41, 5.74) is 5.82. The van der Waals surface area contributed by atoms with Crippen molar-refractivity contribution in [1.29, 1.82) is 0 Å². The first-order valence-corrected chi connectivity index (χ1v) is 23.4. The Morgan fingerprint density at radius 2 is 0.882 bits per heavy atom. The molecular weight excluding hydrogens is 861 g/mol. The lowest BCUT2D eigenvalue weighted by atomic mass is 9.95. The minimum absolute atomic E-state index is 0.122. The second kappa shape index (κ2) is 24.8. The maximum Gasteiger partial charge on any atom is 0.187 e. The molecule has 0 spiro atoms. The highest BCUT2D eigenvalue weighted by molar-refractivity contribution is 5.19. The molecule has 11 atom stereocenters.